The van der Waals surface area contributed by atoms with E-state index in [1.165, 1.54) is 4.57 Å². The summed E-state index contributed by atoms with van der Waals surface area (Å²) in [7, 11) is 1.57. The highest BCUT2D eigenvalue weighted by Crippen LogP contribution is 2.44. The maximum absolute atomic E-state index is 13.1. The normalized spacial score (nSPS) is 18.6. The number of aldehydes is 1. The van der Waals surface area contributed by atoms with Crippen LogP contribution in [-0.2, 0) is 4.79 Å². The summed E-state index contributed by atoms with van der Waals surface area (Å²) in [5.74, 6) is 0.988. The second-order valence-corrected chi connectivity index (χ2v) is 6.19. The van der Waals surface area contributed by atoms with Gasteiger partial charge in [0.15, 0.2) is 12.4 Å². The maximum atomic E-state index is 13.1. The van der Waals surface area contributed by atoms with Crippen molar-refractivity contribution < 1.29 is 14.3 Å². The summed E-state index contributed by atoms with van der Waals surface area (Å²) in [5.41, 5.74) is 1.04. The van der Waals surface area contributed by atoms with Gasteiger partial charge in [-0.05, 0) is 35.7 Å². The molecule has 1 aliphatic rings. The van der Waals surface area contributed by atoms with E-state index < -0.39 is 11.5 Å². The third kappa shape index (κ3) is 2.31. The summed E-state index contributed by atoms with van der Waals surface area (Å²) in [5, 5.41) is 0.581. The van der Waals surface area contributed by atoms with Crippen LogP contribution in [0, 0.1) is 0 Å². The number of hydrogen-bond acceptors (Lipinski definition) is 4. The summed E-state index contributed by atoms with van der Waals surface area (Å²) in [6.45, 7) is 0. The number of methoxy groups -OCH3 is 1. The lowest BCUT2D eigenvalue weighted by Gasteiger charge is -2.14. The fourth-order valence-corrected chi connectivity index (χ4v) is 3.47. The van der Waals surface area contributed by atoms with E-state index in [1.54, 1.807) is 43.5 Å². The summed E-state index contributed by atoms with van der Waals surface area (Å²) in [6, 6.07) is 14.2. The molecule has 1 aromatic heterocycles. The predicted octanol–water partition coefficient (Wildman–Crippen LogP) is 3.24. The Morgan fingerprint density at radius 3 is 2.44 bits per heavy atom. The molecule has 0 fully saturated rings. The number of pyridine rings is 1. The Balaban J connectivity index is 2.07. The van der Waals surface area contributed by atoms with Gasteiger partial charge in [0.25, 0.3) is 5.56 Å². The lowest BCUT2D eigenvalue weighted by Crippen LogP contribution is -2.21. The number of nitrogens with zero attached hydrogens (tertiary/aromatic N) is 1. The molecule has 0 saturated carbocycles. The van der Waals surface area contributed by atoms with Crippen LogP contribution in [-0.4, -0.2) is 24.1 Å². The fourth-order valence-electron chi connectivity index (χ4n) is 3.15. The second-order valence-electron chi connectivity index (χ2n) is 5.72. The van der Waals surface area contributed by atoms with Crippen LogP contribution in [0.25, 0.3) is 16.5 Å². The first-order valence-corrected chi connectivity index (χ1v) is 8.17. The van der Waals surface area contributed by atoms with E-state index >= 15 is 0 Å². The zero-order chi connectivity index (χ0) is 17.6. The molecule has 0 bridgehead atoms. The standard InChI is InChI=1S/C19H14ClNO4/c1-24-12-8-6-11(7-9-12)21-18(23)14-5-3-2-4-13(14)16-17(20)15(10-22)25-19(16)21/h2-10,15,17H,1H3. The summed E-state index contributed by atoms with van der Waals surface area (Å²) in [6.07, 6.45) is -0.165. The number of ether oxygens (including phenoxy) is 2. The number of alkyl halides is 1. The summed E-state index contributed by atoms with van der Waals surface area (Å²) in [4.78, 5) is 24.4. The Bertz CT molecular complexity index is 1030. The average molecular weight is 356 g/mol. The van der Waals surface area contributed by atoms with E-state index in [1.807, 2.05) is 12.1 Å². The van der Waals surface area contributed by atoms with Crippen molar-refractivity contribution in [2.45, 2.75) is 11.5 Å². The molecular weight excluding hydrogens is 342 g/mol. The monoisotopic (exact) mass is 355 g/mol. The average Bonchev–Trinajstić information content (AvgIpc) is 2.99. The van der Waals surface area contributed by atoms with Crippen molar-refractivity contribution in [2.24, 2.45) is 0 Å². The van der Waals surface area contributed by atoms with Crippen LogP contribution in [0.15, 0.2) is 53.3 Å². The number of aromatic nitrogens is 1. The number of fused-ring (bicyclic) bond motifs is 3. The van der Waals surface area contributed by atoms with Gasteiger partial charge in [-0.3, -0.25) is 9.59 Å². The smallest absolute Gasteiger partial charge is 0.265 e. The van der Waals surface area contributed by atoms with Crippen molar-refractivity contribution in [1.29, 1.82) is 0 Å². The molecule has 1 aliphatic heterocycles. The maximum Gasteiger partial charge on any atom is 0.265 e. The Hall–Kier alpha value is -2.79. The number of carbonyl (C=O) groups excluding carboxylic acids is 1. The van der Waals surface area contributed by atoms with Crippen molar-refractivity contribution in [2.75, 3.05) is 7.11 Å². The largest absolute Gasteiger partial charge is 0.497 e. The summed E-state index contributed by atoms with van der Waals surface area (Å²) < 4.78 is 12.3. The molecule has 126 valence electrons. The van der Waals surface area contributed by atoms with Gasteiger partial charge in [-0.15, -0.1) is 11.6 Å². The van der Waals surface area contributed by atoms with Crippen LogP contribution in [0.1, 0.15) is 10.9 Å². The van der Waals surface area contributed by atoms with Gasteiger partial charge in [-0.1, -0.05) is 18.2 Å². The third-order valence-corrected chi connectivity index (χ3v) is 4.83. The first-order chi connectivity index (χ1) is 12.2. The second kappa shape index (κ2) is 5.93. The predicted molar refractivity (Wildman–Crippen MR) is 95.2 cm³/mol. The van der Waals surface area contributed by atoms with Crippen molar-refractivity contribution in [3.63, 3.8) is 0 Å². The van der Waals surface area contributed by atoms with Crippen LogP contribution in [0.5, 0.6) is 11.6 Å². The molecule has 0 amide bonds. The van der Waals surface area contributed by atoms with Gasteiger partial charge in [-0.2, -0.15) is 0 Å². The minimum Gasteiger partial charge on any atom is -0.497 e. The highest BCUT2D eigenvalue weighted by molar-refractivity contribution is 6.24. The Kier molecular flexibility index (Phi) is 3.73. The first kappa shape index (κ1) is 15.7. The molecule has 2 atom stereocenters. The zero-order valence-corrected chi connectivity index (χ0v) is 14.1. The molecule has 2 heterocycles. The van der Waals surface area contributed by atoms with Gasteiger partial charge in [0.2, 0.25) is 5.88 Å². The zero-order valence-electron chi connectivity index (χ0n) is 13.3. The van der Waals surface area contributed by atoms with E-state index in [2.05, 4.69) is 0 Å². The highest BCUT2D eigenvalue weighted by atomic mass is 35.5. The third-order valence-electron chi connectivity index (χ3n) is 4.36. The topological polar surface area (TPSA) is 57.5 Å². The van der Waals surface area contributed by atoms with Gasteiger partial charge in [0.1, 0.15) is 11.1 Å². The lowest BCUT2D eigenvalue weighted by atomic mass is 10.0. The molecule has 3 aromatic rings. The SMILES string of the molecule is COc1ccc(-n2c3c(c4ccccc4c2=O)C(Cl)C(C=O)O3)cc1. The van der Waals surface area contributed by atoms with Crippen LogP contribution in [0.3, 0.4) is 0 Å². The van der Waals surface area contributed by atoms with Crippen LogP contribution in [0.4, 0.5) is 0 Å². The minimum absolute atomic E-state index is 0.227. The molecule has 0 spiro atoms. The minimum atomic E-state index is -0.827. The number of halogens is 1. The number of carbonyl (C=O) groups is 1. The molecule has 2 unspecified atom stereocenters. The van der Waals surface area contributed by atoms with Crippen LogP contribution in [0.2, 0.25) is 0 Å². The van der Waals surface area contributed by atoms with Gasteiger partial charge < -0.3 is 9.47 Å². The number of rotatable bonds is 3. The van der Waals surface area contributed by atoms with Crippen LogP contribution < -0.4 is 15.0 Å². The molecule has 0 N–H and O–H groups in total. The molecular formula is C19H14ClNO4. The fraction of sp³-hybridized carbons (Fsp3) is 0.158. The van der Waals surface area contributed by atoms with Crippen molar-refractivity contribution >= 4 is 28.7 Å². The molecule has 2 aromatic carbocycles. The van der Waals surface area contributed by atoms with E-state index in [0.717, 1.165) is 0 Å². The highest BCUT2D eigenvalue weighted by Gasteiger charge is 2.37. The molecule has 5 nitrogen and oxygen atoms in total. The molecule has 0 aliphatic carbocycles. The summed E-state index contributed by atoms with van der Waals surface area (Å²) >= 11 is 6.46. The van der Waals surface area contributed by atoms with E-state index in [0.29, 0.717) is 39.9 Å². The van der Waals surface area contributed by atoms with Gasteiger partial charge in [0, 0.05) is 10.9 Å². The van der Waals surface area contributed by atoms with Gasteiger partial charge in [-0.25, -0.2) is 4.57 Å². The molecule has 25 heavy (non-hydrogen) atoms. The Morgan fingerprint density at radius 1 is 1.12 bits per heavy atom. The Labute approximate surface area is 148 Å². The van der Waals surface area contributed by atoms with Crippen LogP contribution >= 0.6 is 11.6 Å². The number of hydrogen-bond donors (Lipinski definition) is 0. The lowest BCUT2D eigenvalue weighted by molar-refractivity contribution is -0.113. The molecule has 4 rings (SSSR count). The molecule has 6 heteroatoms. The molecule has 0 radical (unpaired) electrons. The van der Waals surface area contributed by atoms with Crippen molar-refractivity contribution in [1.82, 2.24) is 4.57 Å². The molecule has 0 saturated heterocycles. The number of benzene rings is 2. The van der Waals surface area contributed by atoms with E-state index in [4.69, 9.17) is 21.1 Å². The van der Waals surface area contributed by atoms with Crippen molar-refractivity contribution in [3.05, 3.63) is 64.4 Å². The van der Waals surface area contributed by atoms with Crippen molar-refractivity contribution in [3.8, 4) is 17.3 Å². The van der Waals surface area contributed by atoms with Gasteiger partial charge >= 0.3 is 0 Å². The van der Waals surface area contributed by atoms with E-state index in [-0.39, 0.29) is 5.56 Å². The van der Waals surface area contributed by atoms with Gasteiger partial charge in [0.05, 0.1) is 12.8 Å². The quantitative estimate of drug-likeness (QED) is 0.534. The van der Waals surface area contributed by atoms with E-state index in [9.17, 15) is 9.59 Å². The first-order valence-electron chi connectivity index (χ1n) is 7.74. The Morgan fingerprint density at radius 2 is 1.80 bits per heavy atom.